The normalized spacial score (nSPS) is 10.8. The van der Waals surface area contributed by atoms with Gasteiger partial charge in [0.2, 0.25) is 0 Å². The van der Waals surface area contributed by atoms with Crippen LogP contribution in [0.1, 0.15) is 5.69 Å². The van der Waals surface area contributed by atoms with Crippen molar-refractivity contribution in [3.05, 3.63) is 60.2 Å². The molecular weight excluding hydrogens is 253 g/mol. The number of aromatic nitrogens is 1. The third kappa shape index (κ3) is 4.97. The predicted molar refractivity (Wildman–Crippen MR) is 80.3 cm³/mol. The summed E-state index contributed by atoms with van der Waals surface area (Å²) < 4.78 is 13.0. The van der Waals surface area contributed by atoms with E-state index in [2.05, 4.69) is 22.2 Å². The highest BCUT2D eigenvalue weighted by molar-refractivity contribution is 5.42. The summed E-state index contributed by atoms with van der Waals surface area (Å²) in [5.74, 6) is -0.210. The van der Waals surface area contributed by atoms with Crippen LogP contribution in [0.2, 0.25) is 0 Å². The third-order valence-corrected chi connectivity index (χ3v) is 3.12. The minimum atomic E-state index is -0.210. The van der Waals surface area contributed by atoms with Crippen molar-refractivity contribution < 1.29 is 4.39 Å². The number of hydrogen-bond donors (Lipinski definition) is 1. The molecule has 1 aromatic heterocycles. The lowest BCUT2D eigenvalue weighted by Gasteiger charge is -2.17. The first kappa shape index (κ1) is 14.5. The molecule has 0 fully saturated rings. The summed E-state index contributed by atoms with van der Waals surface area (Å²) in [7, 11) is 2.08. The zero-order valence-electron chi connectivity index (χ0n) is 11.7. The van der Waals surface area contributed by atoms with Gasteiger partial charge in [0.25, 0.3) is 0 Å². The van der Waals surface area contributed by atoms with Crippen LogP contribution in [0.15, 0.2) is 48.7 Å². The van der Waals surface area contributed by atoms with Crippen LogP contribution in [0.5, 0.6) is 0 Å². The molecular formula is C16H20FN3. The van der Waals surface area contributed by atoms with Gasteiger partial charge in [-0.15, -0.1) is 0 Å². The molecule has 4 heteroatoms. The van der Waals surface area contributed by atoms with Crippen LogP contribution >= 0.6 is 0 Å². The highest BCUT2D eigenvalue weighted by Crippen LogP contribution is 2.08. The van der Waals surface area contributed by atoms with Gasteiger partial charge in [-0.05, 0) is 37.4 Å². The fourth-order valence-corrected chi connectivity index (χ4v) is 1.95. The number of hydrogen-bond acceptors (Lipinski definition) is 3. The van der Waals surface area contributed by atoms with Gasteiger partial charge in [0.1, 0.15) is 5.82 Å². The quantitative estimate of drug-likeness (QED) is 0.841. The van der Waals surface area contributed by atoms with E-state index in [1.165, 1.54) is 12.1 Å². The molecule has 0 radical (unpaired) electrons. The van der Waals surface area contributed by atoms with Crippen LogP contribution in [0.3, 0.4) is 0 Å². The van der Waals surface area contributed by atoms with Gasteiger partial charge in [-0.25, -0.2) is 4.39 Å². The molecule has 0 amide bonds. The summed E-state index contributed by atoms with van der Waals surface area (Å²) in [5, 5.41) is 3.22. The first-order chi connectivity index (χ1) is 9.74. The second kappa shape index (κ2) is 7.60. The molecule has 106 valence electrons. The average Bonchev–Trinajstić information content (AvgIpc) is 2.46. The zero-order chi connectivity index (χ0) is 14.2. The number of likely N-dealkylation sites (N-methyl/N-ethyl adjacent to an activating group) is 1. The molecule has 2 rings (SSSR count). The lowest BCUT2D eigenvalue weighted by atomic mass is 10.2. The van der Waals surface area contributed by atoms with Gasteiger partial charge < -0.3 is 10.2 Å². The summed E-state index contributed by atoms with van der Waals surface area (Å²) in [6, 6.07) is 12.5. The summed E-state index contributed by atoms with van der Waals surface area (Å²) in [6.45, 7) is 2.66. The summed E-state index contributed by atoms with van der Waals surface area (Å²) in [4.78, 5) is 6.54. The molecule has 3 nitrogen and oxygen atoms in total. The fourth-order valence-electron chi connectivity index (χ4n) is 1.95. The van der Waals surface area contributed by atoms with Crippen molar-refractivity contribution in [1.82, 2.24) is 9.88 Å². The van der Waals surface area contributed by atoms with E-state index in [1.807, 2.05) is 30.5 Å². The molecule has 0 bridgehead atoms. The van der Waals surface area contributed by atoms with Crippen LogP contribution in [0, 0.1) is 5.82 Å². The number of halogens is 1. The maximum Gasteiger partial charge on any atom is 0.125 e. The minimum absolute atomic E-state index is 0.210. The van der Waals surface area contributed by atoms with E-state index >= 15 is 0 Å². The van der Waals surface area contributed by atoms with Gasteiger partial charge in [0, 0.05) is 43.6 Å². The van der Waals surface area contributed by atoms with Gasteiger partial charge in [-0.1, -0.05) is 12.1 Å². The van der Waals surface area contributed by atoms with Gasteiger partial charge >= 0.3 is 0 Å². The van der Waals surface area contributed by atoms with E-state index in [4.69, 9.17) is 0 Å². The van der Waals surface area contributed by atoms with Crippen LogP contribution in [-0.2, 0) is 6.42 Å². The van der Waals surface area contributed by atoms with Gasteiger partial charge in [-0.3, -0.25) is 4.98 Å². The van der Waals surface area contributed by atoms with Crippen molar-refractivity contribution in [2.24, 2.45) is 0 Å². The van der Waals surface area contributed by atoms with E-state index in [1.54, 1.807) is 6.07 Å². The molecule has 1 aromatic carbocycles. The van der Waals surface area contributed by atoms with E-state index in [9.17, 15) is 4.39 Å². The Balaban J connectivity index is 1.66. The fraction of sp³-hybridized carbons (Fsp3) is 0.312. The van der Waals surface area contributed by atoms with Crippen LogP contribution in [0.25, 0.3) is 0 Å². The summed E-state index contributed by atoms with van der Waals surface area (Å²) >= 11 is 0. The van der Waals surface area contributed by atoms with Gasteiger partial charge in [0.05, 0.1) is 0 Å². The highest BCUT2D eigenvalue weighted by atomic mass is 19.1. The number of benzene rings is 1. The summed E-state index contributed by atoms with van der Waals surface area (Å²) in [6.07, 6.45) is 2.76. The lowest BCUT2D eigenvalue weighted by Crippen LogP contribution is -2.27. The van der Waals surface area contributed by atoms with E-state index < -0.39 is 0 Å². The SMILES string of the molecule is CN(CCNc1cccc(F)c1)CCc1ccccn1. The number of nitrogens with zero attached hydrogens (tertiary/aromatic N) is 2. The first-order valence-electron chi connectivity index (χ1n) is 6.82. The highest BCUT2D eigenvalue weighted by Gasteiger charge is 2.00. The Bertz CT molecular complexity index is 516. The maximum atomic E-state index is 13.0. The Morgan fingerprint density at radius 2 is 2.05 bits per heavy atom. The predicted octanol–water partition coefficient (Wildman–Crippen LogP) is 2.81. The van der Waals surface area contributed by atoms with Crippen molar-refractivity contribution in [3.8, 4) is 0 Å². The molecule has 0 unspecified atom stereocenters. The molecule has 0 spiro atoms. The van der Waals surface area contributed by atoms with Crippen molar-refractivity contribution in [3.63, 3.8) is 0 Å². The Morgan fingerprint density at radius 1 is 1.15 bits per heavy atom. The van der Waals surface area contributed by atoms with Crippen molar-refractivity contribution >= 4 is 5.69 Å². The minimum Gasteiger partial charge on any atom is -0.384 e. The van der Waals surface area contributed by atoms with Gasteiger partial charge in [0.15, 0.2) is 0 Å². The van der Waals surface area contributed by atoms with E-state index in [0.717, 1.165) is 37.4 Å². The largest absolute Gasteiger partial charge is 0.384 e. The second-order valence-electron chi connectivity index (χ2n) is 4.81. The van der Waals surface area contributed by atoms with Crippen molar-refractivity contribution in [2.45, 2.75) is 6.42 Å². The Kier molecular flexibility index (Phi) is 5.50. The molecule has 1 N–H and O–H groups in total. The van der Waals surface area contributed by atoms with E-state index in [-0.39, 0.29) is 5.82 Å². The van der Waals surface area contributed by atoms with Crippen LogP contribution in [0.4, 0.5) is 10.1 Å². The Hall–Kier alpha value is -1.94. The second-order valence-corrected chi connectivity index (χ2v) is 4.81. The lowest BCUT2D eigenvalue weighted by molar-refractivity contribution is 0.350. The Labute approximate surface area is 119 Å². The number of nitrogens with one attached hydrogen (secondary N) is 1. The molecule has 0 aliphatic carbocycles. The number of pyridine rings is 1. The Morgan fingerprint density at radius 3 is 2.80 bits per heavy atom. The summed E-state index contributed by atoms with van der Waals surface area (Å²) in [5.41, 5.74) is 1.93. The molecule has 0 aliphatic heterocycles. The smallest absolute Gasteiger partial charge is 0.125 e. The van der Waals surface area contributed by atoms with Crippen LogP contribution in [-0.4, -0.2) is 36.6 Å². The standard InChI is InChI=1S/C16H20FN3/c1-20(11-8-15-6-2-3-9-18-15)12-10-19-16-7-4-5-14(17)13-16/h2-7,9,13,19H,8,10-12H2,1H3. The van der Waals surface area contributed by atoms with Crippen molar-refractivity contribution in [1.29, 1.82) is 0 Å². The van der Waals surface area contributed by atoms with E-state index in [0.29, 0.717) is 0 Å². The number of anilines is 1. The first-order valence-corrected chi connectivity index (χ1v) is 6.82. The molecule has 0 aliphatic rings. The molecule has 0 saturated carbocycles. The van der Waals surface area contributed by atoms with Crippen LogP contribution < -0.4 is 5.32 Å². The van der Waals surface area contributed by atoms with Crippen molar-refractivity contribution in [2.75, 3.05) is 32.0 Å². The maximum absolute atomic E-state index is 13.0. The third-order valence-electron chi connectivity index (χ3n) is 3.12. The molecule has 2 aromatic rings. The zero-order valence-corrected chi connectivity index (χ0v) is 11.7. The topological polar surface area (TPSA) is 28.2 Å². The van der Waals surface area contributed by atoms with Gasteiger partial charge in [-0.2, -0.15) is 0 Å². The molecule has 0 saturated heterocycles. The number of rotatable bonds is 7. The molecule has 0 atom stereocenters. The average molecular weight is 273 g/mol. The molecule has 1 heterocycles. The molecule has 20 heavy (non-hydrogen) atoms. The monoisotopic (exact) mass is 273 g/mol.